The molecule has 0 bridgehead atoms. The first-order valence-corrected chi connectivity index (χ1v) is 13.8. The van der Waals surface area contributed by atoms with Crippen molar-refractivity contribution in [2.45, 2.75) is 50.6 Å². The van der Waals surface area contributed by atoms with Crippen molar-refractivity contribution in [2.24, 2.45) is 5.41 Å². The first kappa shape index (κ1) is 31.3. The topological polar surface area (TPSA) is 87.7 Å². The summed E-state index contributed by atoms with van der Waals surface area (Å²) in [5, 5.41) is 15.4. The zero-order chi connectivity index (χ0) is 31.0. The molecule has 10 heteroatoms. The van der Waals surface area contributed by atoms with Crippen LogP contribution in [0.4, 0.5) is 14.5 Å². The van der Waals surface area contributed by atoms with Crippen molar-refractivity contribution in [1.29, 1.82) is 0 Å². The summed E-state index contributed by atoms with van der Waals surface area (Å²) in [7, 11) is 1.33. The van der Waals surface area contributed by atoms with Gasteiger partial charge in [0.1, 0.15) is 17.4 Å². The van der Waals surface area contributed by atoms with E-state index in [0.717, 1.165) is 6.07 Å². The van der Waals surface area contributed by atoms with E-state index in [2.05, 4.69) is 16.6 Å². The third kappa shape index (κ3) is 5.82. The minimum Gasteiger partial charge on any atom is -0.495 e. The van der Waals surface area contributed by atoms with Crippen LogP contribution in [0.25, 0.3) is 0 Å². The van der Waals surface area contributed by atoms with Crippen LogP contribution in [0.1, 0.15) is 54.6 Å². The number of nitrogens with one attached hydrogen (secondary N) is 2. The minimum atomic E-state index is -1.56. The molecule has 1 unspecified atom stereocenters. The van der Waals surface area contributed by atoms with E-state index in [4.69, 9.17) is 34.4 Å². The maximum absolute atomic E-state index is 15.8. The fraction of sp³-hybridized carbons (Fsp3) is 0.312. The normalized spacial score (nSPS) is 21.9. The molecule has 1 aliphatic heterocycles. The molecule has 1 aliphatic rings. The molecule has 4 rings (SSSR count). The van der Waals surface area contributed by atoms with E-state index in [0.29, 0.717) is 6.42 Å². The van der Waals surface area contributed by atoms with E-state index >= 15 is 8.78 Å². The van der Waals surface area contributed by atoms with Gasteiger partial charge in [-0.1, -0.05) is 68.1 Å². The maximum atomic E-state index is 15.8. The van der Waals surface area contributed by atoms with Gasteiger partial charge in [-0.2, -0.15) is 0 Å². The summed E-state index contributed by atoms with van der Waals surface area (Å²) in [6, 6.07) is 10.6. The molecule has 0 radical (unpaired) electrons. The van der Waals surface area contributed by atoms with Crippen LogP contribution in [0.15, 0.2) is 54.6 Å². The summed E-state index contributed by atoms with van der Waals surface area (Å²) in [5.74, 6) is -1.51. The van der Waals surface area contributed by atoms with Gasteiger partial charge in [0.05, 0.1) is 34.8 Å². The Morgan fingerprint density at radius 3 is 2.45 bits per heavy atom. The number of aromatic carboxylic acids is 1. The van der Waals surface area contributed by atoms with Crippen LogP contribution in [-0.4, -0.2) is 36.2 Å². The molecule has 4 atom stereocenters. The van der Waals surface area contributed by atoms with Gasteiger partial charge >= 0.3 is 5.97 Å². The minimum absolute atomic E-state index is 0.0343. The lowest BCUT2D eigenvalue weighted by molar-refractivity contribution is -0.118. The molecule has 220 valence electrons. The van der Waals surface area contributed by atoms with Crippen LogP contribution in [-0.2, 0) is 10.2 Å². The van der Waals surface area contributed by atoms with Gasteiger partial charge in [0.2, 0.25) is 5.91 Å². The molecule has 0 aliphatic carbocycles. The molecule has 0 aromatic heterocycles. The zero-order valence-electron chi connectivity index (χ0n) is 23.4. The Hall–Kier alpha value is -3.64. The highest BCUT2D eigenvalue weighted by atomic mass is 35.5. The quantitative estimate of drug-likeness (QED) is 0.248. The van der Waals surface area contributed by atoms with Crippen molar-refractivity contribution >= 4 is 40.8 Å². The monoisotopic (exact) mass is 614 g/mol. The maximum Gasteiger partial charge on any atom is 0.335 e. The van der Waals surface area contributed by atoms with Gasteiger partial charge in [-0.3, -0.25) is 4.79 Å². The van der Waals surface area contributed by atoms with Crippen LogP contribution in [0, 0.1) is 29.4 Å². The van der Waals surface area contributed by atoms with Crippen molar-refractivity contribution < 1.29 is 28.2 Å². The van der Waals surface area contributed by atoms with Crippen LogP contribution in [0.5, 0.6) is 5.75 Å². The summed E-state index contributed by atoms with van der Waals surface area (Å²) in [6.45, 7) is 5.93. The van der Waals surface area contributed by atoms with Crippen LogP contribution in [0.3, 0.4) is 0 Å². The molecule has 3 aromatic carbocycles. The van der Waals surface area contributed by atoms with Crippen LogP contribution < -0.4 is 15.4 Å². The van der Waals surface area contributed by atoms with Crippen molar-refractivity contribution in [2.75, 3.05) is 12.4 Å². The molecular weight excluding hydrogens is 585 g/mol. The second kappa shape index (κ2) is 11.9. The highest BCUT2D eigenvalue weighted by Crippen LogP contribution is 2.53. The van der Waals surface area contributed by atoms with E-state index in [9.17, 15) is 14.7 Å². The zero-order valence-corrected chi connectivity index (χ0v) is 24.9. The van der Waals surface area contributed by atoms with Crippen LogP contribution >= 0.6 is 23.2 Å². The number of halogens is 4. The van der Waals surface area contributed by atoms with Crippen LogP contribution in [0.2, 0.25) is 10.0 Å². The lowest BCUT2D eigenvalue weighted by Crippen LogP contribution is -2.45. The number of carboxylic acids is 1. The number of terminal acetylenes is 1. The van der Waals surface area contributed by atoms with E-state index in [1.807, 2.05) is 20.8 Å². The fourth-order valence-electron chi connectivity index (χ4n) is 5.76. The molecule has 1 amide bonds. The predicted octanol–water partition coefficient (Wildman–Crippen LogP) is 7.05. The van der Waals surface area contributed by atoms with Gasteiger partial charge in [0, 0.05) is 22.5 Å². The molecular formula is C32H30Cl2F2N2O4. The van der Waals surface area contributed by atoms with E-state index in [1.54, 1.807) is 6.07 Å². The molecule has 1 fully saturated rings. The number of carbonyl (C=O) groups excluding carboxylic acids is 1. The number of benzene rings is 3. The summed E-state index contributed by atoms with van der Waals surface area (Å²) in [4.78, 5) is 25.5. The number of anilines is 1. The molecule has 1 saturated heterocycles. The standard InChI is InChI=1S/C32H30Cl2F2N2O4/c1-6-32(20-12-11-18(33)15-22(20)35)25(16-31(2,3)4)38-28(26(32)19-8-7-9-21(34)27(19)36)29(39)37-23-13-10-17(30(40)41)14-24(23)42-5/h1,7-15,25-26,28,38H,16H2,2-5H3,(H,37,39)(H,40,41)/t25?,26-,28+,32-/m0/s1. The summed E-state index contributed by atoms with van der Waals surface area (Å²) in [6.07, 6.45) is 6.67. The third-order valence-corrected chi connectivity index (χ3v) is 8.02. The number of hydrogen-bond donors (Lipinski definition) is 3. The molecule has 3 N–H and O–H groups in total. The van der Waals surface area contributed by atoms with Gasteiger partial charge in [-0.15, -0.1) is 6.42 Å². The first-order valence-electron chi connectivity index (χ1n) is 13.1. The molecule has 3 aromatic rings. The third-order valence-electron chi connectivity index (χ3n) is 7.49. The Balaban J connectivity index is 1.95. The van der Waals surface area contributed by atoms with E-state index < -0.39 is 46.9 Å². The largest absolute Gasteiger partial charge is 0.495 e. The van der Waals surface area contributed by atoms with E-state index in [1.165, 1.54) is 49.6 Å². The van der Waals surface area contributed by atoms with Crippen molar-refractivity contribution in [3.05, 3.63) is 93.0 Å². The smallest absolute Gasteiger partial charge is 0.335 e. The summed E-state index contributed by atoms with van der Waals surface area (Å²) < 4.78 is 36.9. The van der Waals surface area contributed by atoms with Crippen molar-refractivity contribution in [3.8, 4) is 18.1 Å². The van der Waals surface area contributed by atoms with Gasteiger partial charge in [-0.25, -0.2) is 13.6 Å². The Bertz CT molecular complexity index is 1580. The second-order valence-electron chi connectivity index (χ2n) is 11.4. The Morgan fingerprint density at radius 2 is 1.86 bits per heavy atom. The molecule has 6 nitrogen and oxygen atoms in total. The highest BCUT2D eigenvalue weighted by Gasteiger charge is 2.59. The van der Waals surface area contributed by atoms with E-state index in [-0.39, 0.29) is 43.6 Å². The first-order chi connectivity index (χ1) is 19.7. The Kier molecular flexibility index (Phi) is 8.89. The Labute approximate surface area is 253 Å². The Morgan fingerprint density at radius 1 is 1.14 bits per heavy atom. The number of ether oxygens (including phenoxy) is 1. The summed E-state index contributed by atoms with van der Waals surface area (Å²) >= 11 is 12.3. The number of amides is 1. The average molecular weight is 616 g/mol. The lowest BCUT2D eigenvalue weighted by atomic mass is 9.62. The van der Waals surface area contributed by atoms with Gasteiger partial charge < -0.3 is 20.5 Å². The molecule has 1 heterocycles. The van der Waals surface area contributed by atoms with Gasteiger partial charge in [0.25, 0.3) is 0 Å². The summed E-state index contributed by atoms with van der Waals surface area (Å²) in [5.41, 5.74) is -1.65. The van der Waals surface area contributed by atoms with Crippen molar-refractivity contribution in [3.63, 3.8) is 0 Å². The molecule has 0 saturated carbocycles. The number of methoxy groups -OCH3 is 1. The van der Waals surface area contributed by atoms with Gasteiger partial charge in [0.15, 0.2) is 0 Å². The molecule has 0 spiro atoms. The van der Waals surface area contributed by atoms with Crippen molar-refractivity contribution in [1.82, 2.24) is 5.32 Å². The number of carboxylic acid groups (broad SMARTS) is 1. The number of rotatable bonds is 7. The van der Waals surface area contributed by atoms with Gasteiger partial charge in [-0.05, 0) is 53.8 Å². The predicted molar refractivity (Wildman–Crippen MR) is 159 cm³/mol. The SMILES string of the molecule is C#C[C@]1(c2ccc(Cl)cc2F)C(CC(C)(C)C)N[C@@H](C(=O)Nc2ccc(C(=O)O)cc2OC)[C@@H]1c1cccc(Cl)c1F. The second-order valence-corrected chi connectivity index (χ2v) is 12.3. The average Bonchev–Trinajstić information content (AvgIpc) is 3.23. The lowest BCUT2D eigenvalue weighted by Gasteiger charge is -2.39. The molecule has 42 heavy (non-hydrogen) atoms. The highest BCUT2D eigenvalue weighted by molar-refractivity contribution is 6.31. The fourth-order valence-corrected chi connectivity index (χ4v) is 6.10. The number of carbonyl (C=O) groups is 2. The number of hydrogen-bond acceptors (Lipinski definition) is 4.